The van der Waals surface area contributed by atoms with E-state index < -0.39 is 0 Å². The summed E-state index contributed by atoms with van der Waals surface area (Å²) in [6.07, 6.45) is 1.08. The van der Waals surface area contributed by atoms with Crippen molar-refractivity contribution in [2.45, 2.75) is 32.4 Å². The van der Waals surface area contributed by atoms with Crippen molar-refractivity contribution in [3.8, 4) is 11.5 Å². The number of aromatic hydroxyl groups is 1. The Hall–Kier alpha value is -1.26. The average molecular weight is 264 g/mol. The lowest BCUT2D eigenvalue weighted by atomic mass is 9.93. The normalized spacial score (nSPS) is 26.1. The lowest BCUT2D eigenvalue weighted by molar-refractivity contribution is 0.122. The van der Waals surface area contributed by atoms with Gasteiger partial charge in [0.25, 0.3) is 0 Å². The summed E-state index contributed by atoms with van der Waals surface area (Å²) in [6.45, 7) is 6.23. The molecule has 1 aromatic carbocycles. The summed E-state index contributed by atoms with van der Waals surface area (Å²) in [4.78, 5) is 2.34. The molecule has 2 rings (SSSR count). The van der Waals surface area contributed by atoms with Crippen LogP contribution < -0.4 is 10.5 Å². The van der Waals surface area contributed by atoms with Gasteiger partial charge in [-0.1, -0.05) is 6.92 Å². The van der Waals surface area contributed by atoms with Crippen LogP contribution in [0.15, 0.2) is 18.2 Å². The minimum Gasteiger partial charge on any atom is -0.508 e. The van der Waals surface area contributed by atoms with Gasteiger partial charge in [-0.05, 0) is 37.5 Å². The van der Waals surface area contributed by atoms with Crippen LogP contribution in [0.5, 0.6) is 11.5 Å². The minimum absolute atomic E-state index is 0.142. The molecular weight excluding hydrogens is 240 g/mol. The molecule has 106 valence electrons. The summed E-state index contributed by atoms with van der Waals surface area (Å²) in [5.41, 5.74) is 7.00. The Balaban J connectivity index is 2.20. The van der Waals surface area contributed by atoms with Crippen LogP contribution in [0.1, 0.15) is 31.9 Å². The van der Waals surface area contributed by atoms with Gasteiger partial charge in [0.05, 0.1) is 7.11 Å². The van der Waals surface area contributed by atoms with Crippen LogP contribution in [0.2, 0.25) is 0 Å². The van der Waals surface area contributed by atoms with Crippen molar-refractivity contribution < 1.29 is 9.84 Å². The molecule has 1 fully saturated rings. The molecular formula is C15H24N2O2. The summed E-state index contributed by atoms with van der Waals surface area (Å²) in [5, 5.41) is 10.0. The highest BCUT2D eigenvalue weighted by atomic mass is 16.5. The Labute approximate surface area is 115 Å². The van der Waals surface area contributed by atoms with E-state index in [9.17, 15) is 5.11 Å². The SMILES string of the molecule is COc1ccc(O)c(C(C)N2CC(C)CC(N)C2)c1. The fraction of sp³-hybridized carbons (Fsp3) is 0.600. The topological polar surface area (TPSA) is 58.7 Å². The lowest BCUT2D eigenvalue weighted by Gasteiger charge is -2.39. The van der Waals surface area contributed by atoms with Gasteiger partial charge in [0.2, 0.25) is 0 Å². The molecule has 0 aliphatic carbocycles. The molecule has 1 aromatic rings. The molecule has 1 aliphatic rings. The third-order valence-electron chi connectivity index (χ3n) is 3.95. The Morgan fingerprint density at radius 2 is 2.16 bits per heavy atom. The Morgan fingerprint density at radius 3 is 2.79 bits per heavy atom. The molecule has 0 amide bonds. The Morgan fingerprint density at radius 1 is 1.42 bits per heavy atom. The van der Waals surface area contributed by atoms with Crippen LogP contribution in [0.4, 0.5) is 0 Å². The summed E-state index contributed by atoms with van der Waals surface area (Å²) in [7, 11) is 1.64. The van der Waals surface area contributed by atoms with E-state index in [1.165, 1.54) is 0 Å². The van der Waals surface area contributed by atoms with Crippen molar-refractivity contribution in [1.82, 2.24) is 4.90 Å². The number of ether oxygens (including phenoxy) is 1. The van der Waals surface area contributed by atoms with E-state index in [0.717, 1.165) is 30.8 Å². The Bertz CT molecular complexity index is 426. The average Bonchev–Trinajstić information content (AvgIpc) is 2.37. The Kier molecular flexibility index (Phi) is 4.32. The van der Waals surface area contributed by atoms with Gasteiger partial charge in [-0.2, -0.15) is 0 Å². The molecule has 19 heavy (non-hydrogen) atoms. The summed E-state index contributed by atoms with van der Waals surface area (Å²) >= 11 is 0. The van der Waals surface area contributed by atoms with Gasteiger partial charge in [-0.25, -0.2) is 0 Å². The van der Waals surface area contributed by atoms with E-state index in [1.807, 2.05) is 6.07 Å². The predicted octanol–water partition coefficient (Wildman–Crippen LogP) is 2.13. The molecule has 0 saturated carbocycles. The van der Waals surface area contributed by atoms with Crippen LogP contribution in [0, 0.1) is 5.92 Å². The largest absolute Gasteiger partial charge is 0.508 e. The van der Waals surface area contributed by atoms with Crippen LogP contribution in [-0.4, -0.2) is 36.2 Å². The van der Waals surface area contributed by atoms with Crippen molar-refractivity contribution in [3.63, 3.8) is 0 Å². The number of phenols is 1. The third kappa shape index (κ3) is 3.19. The second kappa shape index (κ2) is 5.80. The first-order valence-corrected chi connectivity index (χ1v) is 6.87. The lowest BCUT2D eigenvalue weighted by Crippen LogP contribution is -2.47. The van der Waals surface area contributed by atoms with E-state index >= 15 is 0 Å². The zero-order valence-electron chi connectivity index (χ0n) is 12.0. The van der Waals surface area contributed by atoms with Crippen molar-refractivity contribution in [2.75, 3.05) is 20.2 Å². The molecule has 3 atom stereocenters. The minimum atomic E-state index is 0.142. The highest BCUT2D eigenvalue weighted by molar-refractivity contribution is 5.41. The molecule has 0 aromatic heterocycles. The number of nitrogens with two attached hydrogens (primary N) is 1. The fourth-order valence-electron chi connectivity index (χ4n) is 2.95. The molecule has 4 nitrogen and oxygen atoms in total. The van der Waals surface area contributed by atoms with Crippen molar-refractivity contribution >= 4 is 0 Å². The monoisotopic (exact) mass is 264 g/mol. The second-order valence-electron chi connectivity index (χ2n) is 5.66. The molecule has 0 spiro atoms. The predicted molar refractivity (Wildman–Crippen MR) is 76.4 cm³/mol. The van der Waals surface area contributed by atoms with E-state index in [-0.39, 0.29) is 12.1 Å². The quantitative estimate of drug-likeness (QED) is 0.878. The maximum atomic E-state index is 10.0. The number of methoxy groups -OCH3 is 1. The van der Waals surface area contributed by atoms with Gasteiger partial charge in [0.1, 0.15) is 11.5 Å². The molecule has 3 unspecified atom stereocenters. The standard InChI is InChI=1S/C15H24N2O2/c1-10-6-12(16)9-17(8-10)11(2)14-7-13(19-3)4-5-15(14)18/h4-5,7,10-12,18H,6,8-9,16H2,1-3H3. The summed E-state index contributed by atoms with van der Waals surface area (Å²) in [6, 6.07) is 5.74. The number of rotatable bonds is 3. The second-order valence-corrected chi connectivity index (χ2v) is 5.66. The first-order chi connectivity index (χ1) is 9.01. The van der Waals surface area contributed by atoms with Gasteiger partial charge in [0, 0.05) is 30.7 Å². The molecule has 4 heteroatoms. The molecule has 0 bridgehead atoms. The highest BCUT2D eigenvalue weighted by Crippen LogP contribution is 2.33. The van der Waals surface area contributed by atoms with E-state index in [2.05, 4.69) is 18.7 Å². The van der Waals surface area contributed by atoms with Gasteiger partial charge in [0.15, 0.2) is 0 Å². The van der Waals surface area contributed by atoms with Crippen LogP contribution in [-0.2, 0) is 0 Å². The first-order valence-electron chi connectivity index (χ1n) is 6.87. The molecule has 3 N–H and O–H groups in total. The maximum Gasteiger partial charge on any atom is 0.120 e. The van der Waals surface area contributed by atoms with Gasteiger partial charge in [-0.15, -0.1) is 0 Å². The fourth-order valence-corrected chi connectivity index (χ4v) is 2.95. The zero-order valence-corrected chi connectivity index (χ0v) is 12.0. The van der Waals surface area contributed by atoms with Crippen LogP contribution >= 0.6 is 0 Å². The van der Waals surface area contributed by atoms with Crippen molar-refractivity contribution in [2.24, 2.45) is 11.7 Å². The molecule has 1 heterocycles. The van der Waals surface area contributed by atoms with Crippen molar-refractivity contribution in [3.05, 3.63) is 23.8 Å². The number of hydrogen-bond acceptors (Lipinski definition) is 4. The van der Waals surface area contributed by atoms with E-state index in [4.69, 9.17) is 10.5 Å². The zero-order chi connectivity index (χ0) is 14.0. The van der Waals surface area contributed by atoms with Crippen molar-refractivity contribution in [1.29, 1.82) is 0 Å². The van der Waals surface area contributed by atoms with E-state index in [0.29, 0.717) is 11.7 Å². The number of piperidine rings is 1. The maximum absolute atomic E-state index is 10.0. The number of benzene rings is 1. The van der Waals surface area contributed by atoms with E-state index in [1.54, 1.807) is 19.2 Å². The number of hydrogen-bond donors (Lipinski definition) is 2. The number of nitrogens with zero attached hydrogens (tertiary/aromatic N) is 1. The summed E-state index contributed by atoms with van der Waals surface area (Å²) < 4.78 is 5.24. The van der Waals surface area contributed by atoms with Gasteiger partial charge >= 0.3 is 0 Å². The first kappa shape index (κ1) is 14.2. The molecule has 0 radical (unpaired) electrons. The van der Waals surface area contributed by atoms with Gasteiger partial charge < -0.3 is 15.6 Å². The molecule has 1 saturated heterocycles. The van der Waals surface area contributed by atoms with Crippen LogP contribution in [0.25, 0.3) is 0 Å². The third-order valence-corrected chi connectivity index (χ3v) is 3.95. The number of likely N-dealkylation sites (tertiary alicyclic amines) is 1. The summed E-state index contributed by atoms with van der Waals surface area (Å²) in [5.74, 6) is 1.69. The molecule has 1 aliphatic heterocycles. The highest BCUT2D eigenvalue weighted by Gasteiger charge is 2.27. The number of phenolic OH excluding ortho intramolecular Hbond substituents is 1. The van der Waals surface area contributed by atoms with Gasteiger partial charge in [-0.3, -0.25) is 4.90 Å². The van der Waals surface area contributed by atoms with Crippen LogP contribution in [0.3, 0.4) is 0 Å². The smallest absolute Gasteiger partial charge is 0.120 e.